The maximum atomic E-state index is 6.21. The SMILES string of the molecule is CCC(N)Cc1cccn1-c1ccccc1Cl. The van der Waals surface area contributed by atoms with E-state index in [4.69, 9.17) is 17.3 Å². The zero-order valence-corrected chi connectivity index (χ0v) is 10.7. The first kappa shape index (κ1) is 12.2. The Morgan fingerprint density at radius 1 is 1.24 bits per heavy atom. The standard InChI is InChI=1S/C14H17ClN2/c1-2-11(16)10-12-6-5-9-17(12)14-8-4-3-7-13(14)15/h3-9,11H,2,10,16H2,1H3. The van der Waals surface area contributed by atoms with Gasteiger partial charge in [0.25, 0.3) is 0 Å². The second-order valence-electron chi connectivity index (χ2n) is 4.19. The minimum Gasteiger partial charge on any atom is -0.327 e. The van der Waals surface area contributed by atoms with E-state index in [1.54, 1.807) is 0 Å². The van der Waals surface area contributed by atoms with Crippen molar-refractivity contribution in [3.8, 4) is 5.69 Å². The molecule has 1 aromatic carbocycles. The quantitative estimate of drug-likeness (QED) is 0.883. The highest BCUT2D eigenvalue weighted by atomic mass is 35.5. The molecular weight excluding hydrogens is 232 g/mol. The predicted octanol–water partition coefficient (Wildman–Crippen LogP) is 3.41. The fourth-order valence-corrected chi connectivity index (χ4v) is 2.10. The van der Waals surface area contributed by atoms with E-state index in [9.17, 15) is 0 Å². The van der Waals surface area contributed by atoms with Crippen LogP contribution in [0, 0.1) is 0 Å². The number of rotatable bonds is 4. The third kappa shape index (κ3) is 2.71. The monoisotopic (exact) mass is 248 g/mol. The Morgan fingerprint density at radius 2 is 2.00 bits per heavy atom. The molecule has 0 aliphatic carbocycles. The highest BCUT2D eigenvalue weighted by Gasteiger charge is 2.09. The smallest absolute Gasteiger partial charge is 0.0646 e. The van der Waals surface area contributed by atoms with E-state index in [0.29, 0.717) is 0 Å². The molecule has 2 rings (SSSR count). The molecule has 17 heavy (non-hydrogen) atoms. The predicted molar refractivity (Wildman–Crippen MR) is 72.7 cm³/mol. The summed E-state index contributed by atoms with van der Waals surface area (Å²) in [6.07, 6.45) is 3.88. The maximum Gasteiger partial charge on any atom is 0.0646 e. The first-order valence-corrected chi connectivity index (χ1v) is 6.27. The lowest BCUT2D eigenvalue weighted by Crippen LogP contribution is -2.22. The Labute approximate surface area is 107 Å². The maximum absolute atomic E-state index is 6.21. The van der Waals surface area contributed by atoms with E-state index in [2.05, 4.69) is 17.6 Å². The number of para-hydroxylation sites is 1. The molecule has 0 aliphatic rings. The van der Waals surface area contributed by atoms with Crippen LogP contribution in [0.15, 0.2) is 42.6 Å². The second kappa shape index (κ2) is 5.39. The van der Waals surface area contributed by atoms with Gasteiger partial charge in [0, 0.05) is 24.4 Å². The summed E-state index contributed by atoms with van der Waals surface area (Å²) < 4.78 is 2.11. The number of halogens is 1. The van der Waals surface area contributed by atoms with Crippen LogP contribution in [0.5, 0.6) is 0 Å². The summed E-state index contributed by atoms with van der Waals surface area (Å²) in [4.78, 5) is 0. The summed E-state index contributed by atoms with van der Waals surface area (Å²) in [5, 5.41) is 0.759. The molecule has 2 N–H and O–H groups in total. The van der Waals surface area contributed by atoms with Crippen molar-refractivity contribution in [2.45, 2.75) is 25.8 Å². The van der Waals surface area contributed by atoms with Gasteiger partial charge in [-0.15, -0.1) is 0 Å². The van der Waals surface area contributed by atoms with E-state index in [-0.39, 0.29) is 6.04 Å². The van der Waals surface area contributed by atoms with Crippen LogP contribution >= 0.6 is 11.6 Å². The molecular formula is C14H17ClN2. The molecule has 0 saturated heterocycles. The normalized spacial score (nSPS) is 12.6. The van der Waals surface area contributed by atoms with Gasteiger partial charge in [-0.3, -0.25) is 0 Å². The van der Waals surface area contributed by atoms with Gasteiger partial charge < -0.3 is 10.3 Å². The van der Waals surface area contributed by atoms with Crippen LogP contribution in [0.4, 0.5) is 0 Å². The van der Waals surface area contributed by atoms with Gasteiger partial charge in [0.1, 0.15) is 0 Å². The van der Waals surface area contributed by atoms with E-state index >= 15 is 0 Å². The molecule has 0 spiro atoms. The molecule has 0 fully saturated rings. The van der Waals surface area contributed by atoms with Crippen LogP contribution in [-0.2, 0) is 6.42 Å². The number of aromatic nitrogens is 1. The first-order valence-electron chi connectivity index (χ1n) is 5.89. The van der Waals surface area contributed by atoms with Gasteiger partial charge in [-0.1, -0.05) is 30.7 Å². The Morgan fingerprint density at radius 3 is 2.71 bits per heavy atom. The zero-order valence-electron chi connectivity index (χ0n) is 9.94. The van der Waals surface area contributed by atoms with E-state index in [1.807, 2.05) is 36.5 Å². The van der Waals surface area contributed by atoms with Crippen LogP contribution in [0.3, 0.4) is 0 Å². The van der Waals surface area contributed by atoms with Gasteiger partial charge in [-0.05, 0) is 30.7 Å². The number of benzene rings is 1. The Hall–Kier alpha value is -1.25. The van der Waals surface area contributed by atoms with Crippen molar-refractivity contribution in [2.24, 2.45) is 5.73 Å². The average Bonchev–Trinajstić information content (AvgIpc) is 2.77. The van der Waals surface area contributed by atoms with Crippen LogP contribution in [0.2, 0.25) is 5.02 Å². The number of hydrogen-bond acceptors (Lipinski definition) is 1. The molecule has 2 aromatic rings. The van der Waals surface area contributed by atoms with E-state index in [1.165, 1.54) is 5.69 Å². The molecule has 0 aliphatic heterocycles. The molecule has 90 valence electrons. The van der Waals surface area contributed by atoms with Gasteiger partial charge in [-0.2, -0.15) is 0 Å². The van der Waals surface area contributed by atoms with Crippen molar-refractivity contribution < 1.29 is 0 Å². The molecule has 1 atom stereocenters. The summed E-state index contributed by atoms with van der Waals surface area (Å²) in [6, 6.07) is 12.2. The fourth-order valence-electron chi connectivity index (χ4n) is 1.88. The Bertz CT molecular complexity index is 490. The molecule has 0 amide bonds. The molecule has 0 radical (unpaired) electrons. The summed E-state index contributed by atoms with van der Waals surface area (Å²) in [7, 11) is 0. The minimum absolute atomic E-state index is 0.200. The highest BCUT2D eigenvalue weighted by Crippen LogP contribution is 2.22. The Kier molecular flexibility index (Phi) is 3.87. The number of nitrogens with two attached hydrogens (primary N) is 1. The van der Waals surface area contributed by atoms with Gasteiger partial charge >= 0.3 is 0 Å². The minimum atomic E-state index is 0.200. The van der Waals surface area contributed by atoms with Crippen molar-refractivity contribution >= 4 is 11.6 Å². The van der Waals surface area contributed by atoms with E-state index in [0.717, 1.165) is 23.6 Å². The summed E-state index contributed by atoms with van der Waals surface area (Å²) >= 11 is 6.21. The lowest BCUT2D eigenvalue weighted by atomic mass is 10.1. The van der Waals surface area contributed by atoms with E-state index < -0.39 is 0 Å². The molecule has 2 nitrogen and oxygen atoms in total. The molecule has 3 heteroatoms. The number of nitrogens with zero attached hydrogens (tertiary/aromatic N) is 1. The lowest BCUT2D eigenvalue weighted by Gasteiger charge is -2.13. The van der Waals surface area contributed by atoms with Crippen LogP contribution in [0.25, 0.3) is 5.69 Å². The summed E-state index contributed by atoms with van der Waals surface area (Å²) in [5.74, 6) is 0. The van der Waals surface area contributed by atoms with Gasteiger partial charge in [0.2, 0.25) is 0 Å². The first-order chi connectivity index (χ1) is 8.22. The molecule has 0 bridgehead atoms. The molecule has 1 unspecified atom stereocenters. The van der Waals surface area contributed by atoms with Crippen molar-refractivity contribution in [1.82, 2.24) is 4.57 Å². The van der Waals surface area contributed by atoms with Crippen molar-refractivity contribution in [3.63, 3.8) is 0 Å². The molecule has 0 saturated carbocycles. The van der Waals surface area contributed by atoms with Crippen molar-refractivity contribution in [3.05, 3.63) is 53.3 Å². The highest BCUT2D eigenvalue weighted by molar-refractivity contribution is 6.32. The third-order valence-corrected chi connectivity index (χ3v) is 3.26. The van der Waals surface area contributed by atoms with Gasteiger partial charge in [0.15, 0.2) is 0 Å². The largest absolute Gasteiger partial charge is 0.327 e. The Balaban J connectivity index is 2.34. The molecule has 1 heterocycles. The van der Waals surface area contributed by atoms with Crippen molar-refractivity contribution in [2.75, 3.05) is 0 Å². The lowest BCUT2D eigenvalue weighted by molar-refractivity contribution is 0.630. The van der Waals surface area contributed by atoms with Gasteiger partial charge in [-0.25, -0.2) is 0 Å². The fraction of sp³-hybridized carbons (Fsp3) is 0.286. The number of hydrogen-bond donors (Lipinski definition) is 1. The van der Waals surface area contributed by atoms with Crippen LogP contribution in [0.1, 0.15) is 19.0 Å². The second-order valence-corrected chi connectivity index (χ2v) is 4.60. The topological polar surface area (TPSA) is 30.9 Å². The summed E-state index contributed by atoms with van der Waals surface area (Å²) in [5.41, 5.74) is 8.22. The third-order valence-electron chi connectivity index (χ3n) is 2.94. The van der Waals surface area contributed by atoms with Gasteiger partial charge in [0.05, 0.1) is 10.7 Å². The van der Waals surface area contributed by atoms with Crippen molar-refractivity contribution in [1.29, 1.82) is 0 Å². The summed E-state index contributed by atoms with van der Waals surface area (Å²) in [6.45, 7) is 2.10. The zero-order chi connectivity index (χ0) is 12.3. The van der Waals surface area contributed by atoms with Crippen LogP contribution in [-0.4, -0.2) is 10.6 Å². The average molecular weight is 249 g/mol. The van der Waals surface area contributed by atoms with Crippen LogP contribution < -0.4 is 5.73 Å². The molecule has 1 aromatic heterocycles.